The Morgan fingerprint density at radius 3 is 2.76 bits per heavy atom. The van der Waals surface area contributed by atoms with Crippen molar-refractivity contribution >= 4 is 35.0 Å². The molecule has 0 aliphatic carbocycles. The van der Waals surface area contributed by atoms with Crippen molar-refractivity contribution < 1.29 is 29.0 Å². The van der Waals surface area contributed by atoms with E-state index in [0.29, 0.717) is 17.9 Å². The zero-order chi connectivity index (χ0) is 18.4. The molecule has 1 aliphatic heterocycles. The summed E-state index contributed by atoms with van der Waals surface area (Å²) in [6, 6.07) is 4.72. The molecule has 0 saturated carbocycles. The maximum absolute atomic E-state index is 12.2. The number of ether oxygens (including phenoxy) is 2. The Balaban J connectivity index is 2.26. The van der Waals surface area contributed by atoms with Gasteiger partial charge < -0.3 is 19.4 Å². The molecular formula is C17H14NO6S-. The van der Waals surface area contributed by atoms with Crippen LogP contribution in [-0.4, -0.2) is 41.8 Å². The van der Waals surface area contributed by atoms with E-state index >= 15 is 0 Å². The van der Waals surface area contributed by atoms with E-state index < -0.39 is 23.7 Å². The van der Waals surface area contributed by atoms with Gasteiger partial charge in [-0.25, -0.2) is 0 Å². The van der Waals surface area contributed by atoms with Gasteiger partial charge in [0.25, 0.3) is 11.1 Å². The average molecular weight is 360 g/mol. The molecule has 0 bridgehead atoms. The lowest BCUT2D eigenvalue weighted by Gasteiger charge is -2.13. The fourth-order valence-corrected chi connectivity index (χ4v) is 2.86. The number of amides is 2. The lowest BCUT2D eigenvalue weighted by Crippen LogP contribution is -2.29. The summed E-state index contributed by atoms with van der Waals surface area (Å²) in [5.74, 6) is 1.02. The summed E-state index contributed by atoms with van der Waals surface area (Å²) >= 11 is 0.799. The van der Waals surface area contributed by atoms with E-state index in [-0.39, 0.29) is 17.2 Å². The highest BCUT2D eigenvalue weighted by atomic mass is 32.2. The van der Waals surface area contributed by atoms with Gasteiger partial charge in [0.2, 0.25) is 0 Å². The summed E-state index contributed by atoms with van der Waals surface area (Å²) in [7, 11) is 0. The molecule has 0 unspecified atom stereocenters. The van der Waals surface area contributed by atoms with Gasteiger partial charge in [-0.05, 0) is 42.5 Å². The Morgan fingerprint density at radius 1 is 1.36 bits per heavy atom. The molecule has 1 saturated heterocycles. The number of hydrogen-bond acceptors (Lipinski definition) is 7. The van der Waals surface area contributed by atoms with Gasteiger partial charge >= 0.3 is 0 Å². The van der Waals surface area contributed by atoms with E-state index in [0.717, 1.165) is 16.7 Å². The highest BCUT2D eigenvalue weighted by molar-refractivity contribution is 8.18. The van der Waals surface area contributed by atoms with Gasteiger partial charge in [0.05, 0.1) is 24.0 Å². The van der Waals surface area contributed by atoms with E-state index in [1.165, 1.54) is 12.1 Å². The first-order chi connectivity index (χ1) is 12.0. The third kappa shape index (κ3) is 4.55. The molecule has 1 aromatic rings. The molecule has 0 spiro atoms. The van der Waals surface area contributed by atoms with Crippen molar-refractivity contribution in [2.24, 2.45) is 0 Å². The van der Waals surface area contributed by atoms with Crippen molar-refractivity contribution in [2.75, 3.05) is 19.8 Å². The third-order valence-electron chi connectivity index (χ3n) is 3.03. The summed E-state index contributed by atoms with van der Waals surface area (Å²) in [6.07, 6.45) is 6.68. The smallest absolute Gasteiger partial charge is 0.294 e. The lowest BCUT2D eigenvalue weighted by molar-refractivity contribution is -0.307. The van der Waals surface area contributed by atoms with Crippen molar-refractivity contribution in [3.05, 3.63) is 28.7 Å². The molecule has 1 heterocycles. The fraction of sp³-hybridized carbons (Fsp3) is 0.235. The van der Waals surface area contributed by atoms with Gasteiger partial charge in [0.1, 0.15) is 6.61 Å². The minimum absolute atomic E-state index is 0.0811. The summed E-state index contributed by atoms with van der Waals surface area (Å²) in [6.45, 7) is 1.41. The van der Waals surface area contributed by atoms with E-state index in [9.17, 15) is 19.5 Å². The molecule has 0 aromatic heterocycles. The van der Waals surface area contributed by atoms with Crippen molar-refractivity contribution in [3.8, 4) is 23.8 Å². The van der Waals surface area contributed by atoms with Crippen molar-refractivity contribution in [2.45, 2.75) is 6.92 Å². The molecule has 8 heteroatoms. The van der Waals surface area contributed by atoms with Crippen LogP contribution in [0.1, 0.15) is 12.5 Å². The number of thioether (sulfide) groups is 1. The van der Waals surface area contributed by atoms with Gasteiger partial charge in [-0.2, -0.15) is 0 Å². The molecule has 7 nitrogen and oxygen atoms in total. The van der Waals surface area contributed by atoms with Crippen LogP contribution in [-0.2, 0) is 9.59 Å². The summed E-state index contributed by atoms with van der Waals surface area (Å²) in [5, 5.41) is 10.1. The van der Waals surface area contributed by atoms with Crippen LogP contribution in [0.25, 0.3) is 6.08 Å². The number of carboxylic acid groups (broad SMARTS) is 1. The first-order valence-electron chi connectivity index (χ1n) is 7.24. The number of carbonyl (C=O) groups is 3. The minimum Gasteiger partial charge on any atom is -0.546 e. The van der Waals surface area contributed by atoms with Crippen LogP contribution in [0.15, 0.2) is 23.1 Å². The number of rotatable bonds is 7. The molecule has 25 heavy (non-hydrogen) atoms. The van der Waals surface area contributed by atoms with Gasteiger partial charge in [0.15, 0.2) is 11.5 Å². The second-order valence-corrected chi connectivity index (χ2v) is 5.77. The zero-order valence-electron chi connectivity index (χ0n) is 13.3. The molecule has 1 fully saturated rings. The first-order valence-corrected chi connectivity index (χ1v) is 8.06. The van der Waals surface area contributed by atoms with Crippen molar-refractivity contribution in [3.63, 3.8) is 0 Å². The summed E-state index contributed by atoms with van der Waals surface area (Å²) < 4.78 is 10.5. The number of carboxylic acids is 1. The minimum atomic E-state index is -1.35. The molecule has 130 valence electrons. The highest BCUT2D eigenvalue weighted by Crippen LogP contribution is 2.34. The van der Waals surface area contributed by atoms with Gasteiger partial charge in [-0.3, -0.25) is 14.5 Å². The van der Waals surface area contributed by atoms with Crippen molar-refractivity contribution in [1.82, 2.24) is 4.90 Å². The van der Waals surface area contributed by atoms with Gasteiger partial charge in [0, 0.05) is 0 Å². The summed E-state index contributed by atoms with van der Waals surface area (Å²) in [5.41, 5.74) is 0.593. The van der Waals surface area contributed by atoms with Gasteiger partial charge in [-0.1, -0.05) is 12.0 Å². The molecule has 0 N–H and O–H groups in total. The van der Waals surface area contributed by atoms with Crippen molar-refractivity contribution in [1.29, 1.82) is 0 Å². The number of carbonyl (C=O) groups excluding carboxylic acids is 3. The molecule has 1 aliphatic rings. The Labute approximate surface area is 148 Å². The first kappa shape index (κ1) is 18.4. The van der Waals surface area contributed by atoms with E-state index in [2.05, 4.69) is 5.92 Å². The fourth-order valence-electron chi connectivity index (χ4n) is 2.02. The number of terminal acetylenes is 1. The molecule has 2 amide bonds. The molecule has 1 aromatic carbocycles. The molecule has 0 atom stereocenters. The predicted octanol–water partition coefficient (Wildman–Crippen LogP) is 0.883. The lowest BCUT2D eigenvalue weighted by atomic mass is 10.2. The third-order valence-corrected chi connectivity index (χ3v) is 3.94. The number of hydrogen-bond donors (Lipinski definition) is 0. The van der Waals surface area contributed by atoms with Crippen LogP contribution in [0, 0.1) is 12.3 Å². The topological polar surface area (TPSA) is 96.0 Å². The zero-order valence-corrected chi connectivity index (χ0v) is 14.1. The second-order valence-electron chi connectivity index (χ2n) is 4.77. The highest BCUT2D eigenvalue weighted by Gasteiger charge is 2.34. The van der Waals surface area contributed by atoms with Crippen LogP contribution in [0.2, 0.25) is 0 Å². The standard InChI is InChI=1S/C17H15NO6S/c1-3-7-18-16(21)14(25-17(18)22)9-11-5-6-12(24-10-15(19)20)13(8-11)23-4-2/h1,5-6,8-9H,4,7,10H2,2H3,(H,19,20)/p-1/b14-9-. The summed E-state index contributed by atoms with van der Waals surface area (Å²) in [4.78, 5) is 35.7. The van der Waals surface area contributed by atoms with E-state index in [4.69, 9.17) is 15.9 Å². The van der Waals surface area contributed by atoms with Crippen LogP contribution < -0.4 is 14.6 Å². The normalized spacial score (nSPS) is 15.4. The van der Waals surface area contributed by atoms with E-state index in [1.807, 2.05) is 0 Å². The number of benzene rings is 1. The Kier molecular flexibility index (Phi) is 6.08. The molecule has 0 radical (unpaired) electrons. The Bertz CT molecular complexity index is 780. The predicted molar refractivity (Wildman–Crippen MR) is 89.6 cm³/mol. The van der Waals surface area contributed by atoms with Gasteiger partial charge in [-0.15, -0.1) is 6.42 Å². The molecular weight excluding hydrogens is 346 g/mol. The Hall–Kier alpha value is -2.92. The second kappa shape index (κ2) is 8.26. The van der Waals surface area contributed by atoms with Crippen LogP contribution in [0.4, 0.5) is 4.79 Å². The number of imide groups is 1. The Morgan fingerprint density at radius 2 is 2.12 bits per heavy atom. The number of aliphatic carboxylic acids is 1. The monoisotopic (exact) mass is 360 g/mol. The van der Waals surface area contributed by atoms with Crippen LogP contribution in [0.5, 0.6) is 11.5 Å². The maximum atomic E-state index is 12.2. The van der Waals surface area contributed by atoms with Crippen LogP contribution >= 0.6 is 11.8 Å². The molecule has 2 rings (SSSR count). The average Bonchev–Trinajstić information content (AvgIpc) is 2.82. The maximum Gasteiger partial charge on any atom is 0.294 e. The SMILES string of the molecule is C#CCN1C(=O)S/C(=C\c2ccc(OCC(=O)[O-])c(OCC)c2)C1=O. The number of nitrogens with zero attached hydrogens (tertiary/aromatic N) is 1. The largest absolute Gasteiger partial charge is 0.546 e. The van der Waals surface area contributed by atoms with E-state index in [1.54, 1.807) is 19.1 Å². The van der Waals surface area contributed by atoms with Crippen LogP contribution in [0.3, 0.4) is 0 Å². The quantitative estimate of drug-likeness (QED) is 0.526.